The topological polar surface area (TPSA) is 85.5 Å². The average molecular weight is 285 g/mol. The zero-order valence-corrected chi connectivity index (χ0v) is 11.5. The number of nitrogens with zero attached hydrogens (tertiary/aromatic N) is 2. The third-order valence-electron chi connectivity index (χ3n) is 2.81. The van der Waals surface area contributed by atoms with Crippen molar-refractivity contribution in [2.24, 2.45) is 5.73 Å². The number of benzene rings is 1. The fourth-order valence-corrected chi connectivity index (χ4v) is 1.86. The average Bonchev–Trinajstić information content (AvgIpc) is 2.49. The maximum absolute atomic E-state index is 12.5. The molecular formula is C15H15N3O3. The first-order valence-electron chi connectivity index (χ1n) is 6.42. The van der Waals surface area contributed by atoms with Gasteiger partial charge in [-0.3, -0.25) is 9.69 Å². The molecule has 21 heavy (non-hydrogen) atoms. The lowest BCUT2D eigenvalue weighted by Gasteiger charge is -2.19. The van der Waals surface area contributed by atoms with Gasteiger partial charge in [-0.1, -0.05) is 6.07 Å². The van der Waals surface area contributed by atoms with E-state index in [0.29, 0.717) is 23.7 Å². The van der Waals surface area contributed by atoms with Crippen molar-refractivity contribution in [3.8, 4) is 5.75 Å². The number of primary amides is 1. The predicted octanol–water partition coefficient (Wildman–Crippen LogP) is 2.21. The van der Waals surface area contributed by atoms with Gasteiger partial charge in [0, 0.05) is 18.3 Å². The molecule has 1 aromatic heterocycles. The van der Waals surface area contributed by atoms with Gasteiger partial charge in [0.2, 0.25) is 0 Å². The van der Waals surface area contributed by atoms with Crippen molar-refractivity contribution in [2.75, 3.05) is 11.4 Å². The highest BCUT2D eigenvalue weighted by molar-refractivity contribution is 6.05. The number of aromatic nitrogens is 1. The van der Waals surface area contributed by atoms with Crippen molar-refractivity contribution < 1.29 is 14.3 Å². The molecule has 0 aliphatic heterocycles. The number of hydrogen-bond donors (Lipinski definition) is 1. The molecule has 0 fully saturated rings. The lowest BCUT2D eigenvalue weighted by Crippen LogP contribution is -2.31. The fraction of sp³-hybridized carbons (Fsp3) is 0.133. The fourth-order valence-electron chi connectivity index (χ4n) is 1.86. The molecule has 0 bridgehead atoms. The Bertz CT molecular complexity index is 626. The Morgan fingerprint density at radius 3 is 2.43 bits per heavy atom. The van der Waals surface area contributed by atoms with Crippen LogP contribution in [0, 0.1) is 0 Å². The molecule has 0 atom stereocenters. The van der Waals surface area contributed by atoms with Crippen LogP contribution in [0.2, 0.25) is 0 Å². The van der Waals surface area contributed by atoms with Crippen LogP contribution in [0.5, 0.6) is 5.75 Å². The molecule has 2 N–H and O–H groups in total. The smallest absolute Gasteiger partial charge is 0.409 e. The molecule has 0 aliphatic carbocycles. The van der Waals surface area contributed by atoms with Gasteiger partial charge in [0.1, 0.15) is 11.6 Å². The van der Waals surface area contributed by atoms with Gasteiger partial charge < -0.3 is 10.5 Å². The summed E-state index contributed by atoms with van der Waals surface area (Å²) in [5.74, 6) is 0.698. The zero-order chi connectivity index (χ0) is 15.2. The molecule has 0 spiro atoms. The molecule has 2 amide bonds. The summed E-state index contributed by atoms with van der Waals surface area (Å²) in [4.78, 5) is 28.8. The molecule has 6 heteroatoms. The van der Waals surface area contributed by atoms with E-state index in [1.807, 2.05) is 13.0 Å². The second-order valence-electron chi connectivity index (χ2n) is 4.18. The Hall–Kier alpha value is -2.89. The first kappa shape index (κ1) is 14.5. The standard InChI is InChI=1S/C15H15N3O3/c1-2-18(13-5-3-4-10-17-13)14(19)11-6-8-12(9-7-11)21-15(16)20/h3-10H,2H2,1H3,(H2,16,20). The number of nitrogens with two attached hydrogens (primary N) is 1. The number of ether oxygens (including phenoxy) is 1. The number of carbonyl (C=O) groups is 2. The maximum Gasteiger partial charge on any atom is 0.409 e. The highest BCUT2D eigenvalue weighted by atomic mass is 16.5. The SMILES string of the molecule is CCN(C(=O)c1ccc(OC(N)=O)cc1)c1ccccn1. The summed E-state index contributed by atoms with van der Waals surface area (Å²) >= 11 is 0. The van der Waals surface area contributed by atoms with Crippen LogP contribution in [0.3, 0.4) is 0 Å². The van der Waals surface area contributed by atoms with Crippen LogP contribution in [0.15, 0.2) is 48.7 Å². The molecule has 6 nitrogen and oxygen atoms in total. The van der Waals surface area contributed by atoms with Crippen molar-refractivity contribution in [3.05, 3.63) is 54.2 Å². The second kappa shape index (κ2) is 6.51. The summed E-state index contributed by atoms with van der Waals surface area (Å²) in [5.41, 5.74) is 5.40. The van der Waals surface area contributed by atoms with E-state index in [-0.39, 0.29) is 5.91 Å². The van der Waals surface area contributed by atoms with Crippen molar-refractivity contribution in [1.82, 2.24) is 4.98 Å². The molecule has 1 aromatic carbocycles. The normalized spacial score (nSPS) is 9.95. The minimum Gasteiger partial charge on any atom is -0.411 e. The van der Waals surface area contributed by atoms with Gasteiger partial charge in [-0.15, -0.1) is 0 Å². The minimum absolute atomic E-state index is 0.179. The van der Waals surface area contributed by atoms with E-state index >= 15 is 0 Å². The molecule has 108 valence electrons. The Morgan fingerprint density at radius 1 is 1.19 bits per heavy atom. The molecule has 0 saturated heterocycles. The number of carbonyl (C=O) groups excluding carboxylic acids is 2. The lowest BCUT2D eigenvalue weighted by atomic mass is 10.2. The van der Waals surface area contributed by atoms with E-state index in [0.717, 1.165) is 0 Å². The summed E-state index contributed by atoms with van der Waals surface area (Å²) in [5, 5.41) is 0. The monoisotopic (exact) mass is 285 g/mol. The van der Waals surface area contributed by atoms with Gasteiger partial charge in [0.25, 0.3) is 5.91 Å². The lowest BCUT2D eigenvalue weighted by molar-refractivity contribution is 0.0987. The molecule has 0 unspecified atom stereocenters. The van der Waals surface area contributed by atoms with Crippen LogP contribution < -0.4 is 15.4 Å². The maximum atomic E-state index is 12.5. The molecule has 2 aromatic rings. The van der Waals surface area contributed by atoms with Crippen LogP contribution in [-0.4, -0.2) is 23.5 Å². The number of hydrogen-bond acceptors (Lipinski definition) is 4. The van der Waals surface area contributed by atoms with E-state index in [2.05, 4.69) is 4.98 Å². The van der Waals surface area contributed by atoms with Crippen molar-refractivity contribution in [3.63, 3.8) is 0 Å². The number of anilines is 1. The van der Waals surface area contributed by atoms with Crippen molar-refractivity contribution >= 4 is 17.8 Å². The summed E-state index contributed by atoms with van der Waals surface area (Å²) in [7, 11) is 0. The van der Waals surface area contributed by atoms with Crippen LogP contribution in [0.4, 0.5) is 10.6 Å². The van der Waals surface area contributed by atoms with E-state index in [1.54, 1.807) is 35.4 Å². The van der Waals surface area contributed by atoms with E-state index in [4.69, 9.17) is 10.5 Å². The molecular weight excluding hydrogens is 270 g/mol. The largest absolute Gasteiger partial charge is 0.411 e. The Kier molecular flexibility index (Phi) is 4.50. The highest BCUT2D eigenvalue weighted by Crippen LogP contribution is 2.17. The Balaban J connectivity index is 2.20. The molecule has 0 saturated carbocycles. The number of pyridine rings is 1. The van der Waals surface area contributed by atoms with Crippen LogP contribution >= 0.6 is 0 Å². The molecule has 1 heterocycles. The number of amides is 2. The van der Waals surface area contributed by atoms with Gasteiger partial charge >= 0.3 is 6.09 Å². The van der Waals surface area contributed by atoms with E-state index in [9.17, 15) is 9.59 Å². The molecule has 0 radical (unpaired) electrons. The first-order valence-corrected chi connectivity index (χ1v) is 6.42. The third kappa shape index (κ3) is 3.56. The minimum atomic E-state index is -0.891. The first-order chi connectivity index (χ1) is 10.1. The van der Waals surface area contributed by atoms with Crippen LogP contribution in [0.1, 0.15) is 17.3 Å². The van der Waals surface area contributed by atoms with Crippen LogP contribution in [-0.2, 0) is 0 Å². The Morgan fingerprint density at radius 2 is 1.90 bits per heavy atom. The van der Waals surface area contributed by atoms with E-state index in [1.165, 1.54) is 12.1 Å². The third-order valence-corrected chi connectivity index (χ3v) is 2.81. The van der Waals surface area contributed by atoms with Crippen molar-refractivity contribution in [1.29, 1.82) is 0 Å². The van der Waals surface area contributed by atoms with Gasteiger partial charge in [-0.25, -0.2) is 9.78 Å². The number of rotatable bonds is 4. The zero-order valence-electron chi connectivity index (χ0n) is 11.5. The van der Waals surface area contributed by atoms with Gasteiger partial charge in [-0.05, 0) is 43.3 Å². The predicted molar refractivity (Wildman–Crippen MR) is 78.2 cm³/mol. The summed E-state index contributed by atoms with van der Waals surface area (Å²) in [6.45, 7) is 2.37. The summed E-state index contributed by atoms with van der Waals surface area (Å²) in [6, 6.07) is 11.6. The van der Waals surface area contributed by atoms with Gasteiger partial charge in [-0.2, -0.15) is 0 Å². The highest BCUT2D eigenvalue weighted by Gasteiger charge is 2.16. The molecule has 2 rings (SSSR count). The summed E-state index contributed by atoms with van der Waals surface area (Å²) in [6.07, 6.45) is 0.743. The van der Waals surface area contributed by atoms with Crippen molar-refractivity contribution in [2.45, 2.75) is 6.92 Å². The molecule has 0 aliphatic rings. The van der Waals surface area contributed by atoms with Gasteiger partial charge in [0.15, 0.2) is 0 Å². The quantitative estimate of drug-likeness (QED) is 0.933. The van der Waals surface area contributed by atoms with Crippen LogP contribution in [0.25, 0.3) is 0 Å². The van der Waals surface area contributed by atoms with Gasteiger partial charge in [0.05, 0.1) is 0 Å². The second-order valence-corrected chi connectivity index (χ2v) is 4.18. The Labute approximate surface area is 122 Å². The van der Waals surface area contributed by atoms with E-state index < -0.39 is 6.09 Å². The summed E-state index contributed by atoms with van der Waals surface area (Å²) < 4.78 is 4.72.